The van der Waals surface area contributed by atoms with Crippen LogP contribution >= 0.6 is 11.6 Å². The van der Waals surface area contributed by atoms with E-state index in [1.807, 2.05) is 62.4 Å². The van der Waals surface area contributed by atoms with Gasteiger partial charge in [0.05, 0.1) is 37.3 Å². The van der Waals surface area contributed by atoms with E-state index in [4.69, 9.17) is 31.0 Å². The third kappa shape index (κ3) is 4.09. The van der Waals surface area contributed by atoms with Crippen LogP contribution in [0, 0.1) is 0 Å². The number of nitrogens with zero attached hydrogens (tertiary/aromatic N) is 4. The molecule has 0 spiro atoms. The quantitative estimate of drug-likeness (QED) is 0.365. The fraction of sp³-hybridized carbons (Fsp3) is 0.261. The Kier molecular flexibility index (Phi) is 6.14. The standard InChI is InChI=1S/C23H23ClN4O2/c1-3-29-18-9-5-16(6-10-18)21-22(17-7-11-19(12-8-17)30-4-2)27-23-20(26-21)15-25-28(23)14-13-24/h5-12,15H,3-4,13-14H2,1-2H3. The van der Waals surface area contributed by atoms with Crippen molar-refractivity contribution in [2.24, 2.45) is 0 Å². The molecule has 2 aromatic heterocycles. The lowest BCUT2D eigenvalue weighted by Gasteiger charge is -2.11. The maximum absolute atomic E-state index is 5.93. The number of aryl methyl sites for hydroxylation is 1. The highest BCUT2D eigenvalue weighted by Gasteiger charge is 2.16. The van der Waals surface area contributed by atoms with Gasteiger partial charge in [-0.1, -0.05) is 0 Å². The zero-order valence-corrected chi connectivity index (χ0v) is 17.8. The summed E-state index contributed by atoms with van der Waals surface area (Å²) >= 11 is 5.93. The van der Waals surface area contributed by atoms with Crippen molar-refractivity contribution in [2.45, 2.75) is 20.4 Å². The van der Waals surface area contributed by atoms with Gasteiger partial charge in [-0.15, -0.1) is 11.6 Å². The first kappa shape index (κ1) is 20.2. The van der Waals surface area contributed by atoms with Gasteiger partial charge in [0.15, 0.2) is 5.65 Å². The molecule has 0 fully saturated rings. The molecule has 6 nitrogen and oxygen atoms in total. The lowest BCUT2D eigenvalue weighted by molar-refractivity contribution is 0.340. The van der Waals surface area contributed by atoms with Crippen molar-refractivity contribution in [1.29, 1.82) is 0 Å². The van der Waals surface area contributed by atoms with Crippen LogP contribution in [0.3, 0.4) is 0 Å². The first-order valence-electron chi connectivity index (χ1n) is 9.99. The predicted octanol–water partition coefficient (Wildman–Crippen LogP) is 5.20. The van der Waals surface area contributed by atoms with Gasteiger partial charge in [-0.2, -0.15) is 5.10 Å². The zero-order valence-electron chi connectivity index (χ0n) is 17.0. The molecule has 4 aromatic rings. The number of ether oxygens (including phenoxy) is 2. The monoisotopic (exact) mass is 422 g/mol. The maximum Gasteiger partial charge on any atom is 0.177 e. The summed E-state index contributed by atoms with van der Waals surface area (Å²) in [6, 6.07) is 15.8. The lowest BCUT2D eigenvalue weighted by atomic mass is 10.0. The van der Waals surface area contributed by atoms with Crippen LogP contribution in [0.5, 0.6) is 11.5 Å². The topological polar surface area (TPSA) is 62.1 Å². The molecule has 0 bridgehead atoms. The highest BCUT2D eigenvalue weighted by molar-refractivity contribution is 6.17. The molecule has 0 N–H and O–H groups in total. The molecule has 7 heteroatoms. The number of hydrogen-bond donors (Lipinski definition) is 0. The number of alkyl halides is 1. The first-order chi connectivity index (χ1) is 14.7. The van der Waals surface area contributed by atoms with Crippen molar-refractivity contribution >= 4 is 22.8 Å². The summed E-state index contributed by atoms with van der Waals surface area (Å²) in [4.78, 5) is 9.84. The number of halogens is 1. The van der Waals surface area contributed by atoms with Crippen LogP contribution in [-0.4, -0.2) is 38.8 Å². The normalized spacial score (nSPS) is 11.0. The summed E-state index contributed by atoms with van der Waals surface area (Å²) in [6.45, 7) is 5.76. The molecule has 0 radical (unpaired) electrons. The van der Waals surface area contributed by atoms with Gasteiger partial charge in [0.25, 0.3) is 0 Å². The van der Waals surface area contributed by atoms with E-state index >= 15 is 0 Å². The summed E-state index contributed by atoms with van der Waals surface area (Å²) in [5.41, 5.74) is 4.94. The number of rotatable bonds is 8. The average molecular weight is 423 g/mol. The lowest BCUT2D eigenvalue weighted by Crippen LogP contribution is -2.04. The Morgan fingerprint density at radius 2 is 1.33 bits per heavy atom. The van der Waals surface area contributed by atoms with E-state index in [0.29, 0.717) is 31.3 Å². The van der Waals surface area contributed by atoms with Crippen LogP contribution in [0.1, 0.15) is 13.8 Å². The second-order valence-corrected chi connectivity index (χ2v) is 6.98. The summed E-state index contributed by atoms with van der Waals surface area (Å²) in [7, 11) is 0. The molecule has 0 saturated heterocycles. The van der Waals surface area contributed by atoms with E-state index in [0.717, 1.165) is 39.5 Å². The van der Waals surface area contributed by atoms with Gasteiger partial charge in [-0.05, 0) is 62.4 Å². The van der Waals surface area contributed by atoms with Crippen molar-refractivity contribution in [3.05, 3.63) is 54.7 Å². The van der Waals surface area contributed by atoms with Crippen molar-refractivity contribution in [3.63, 3.8) is 0 Å². The van der Waals surface area contributed by atoms with Gasteiger partial charge in [-0.3, -0.25) is 0 Å². The van der Waals surface area contributed by atoms with E-state index < -0.39 is 0 Å². The molecule has 2 heterocycles. The Morgan fingerprint density at radius 1 is 0.800 bits per heavy atom. The molecule has 0 aliphatic rings. The molecule has 2 aromatic carbocycles. The maximum atomic E-state index is 5.93. The van der Waals surface area contributed by atoms with Gasteiger partial charge in [0, 0.05) is 17.0 Å². The second kappa shape index (κ2) is 9.13. The second-order valence-electron chi connectivity index (χ2n) is 6.60. The average Bonchev–Trinajstić information content (AvgIpc) is 3.17. The van der Waals surface area contributed by atoms with Crippen molar-refractivity contribution in [1.82, 2.24) is 19.7 Å². The zero-order chi connectivity index (χ0) is 20.9. The van der Waals surface area contributed by atoms with Gasteiger partial charge < -0.3 is 9.47 Å². The van der Waals surface area contributed by atoms with E-state index in [-0.39, 0.29) is 0 Å². The molecule has 0 aliphatic heterocycles. The van der Waals surface area contributed by atoms with Crippen LogP contribution in [0.15, 0.2) is 54.7 Å². The number of benzene rings is 2. The third-order valence-electron chi connectivity index (χ3n) is 4.64. The van der Waals surface area contributed by atoms with Crippen LogP contribution in [0.2, 0.25) is 0 Å². The van der Waals surface area contributed by atoms with Gasteiger partial charge in [0.1, 0.15) is 17.0 Å². The highest BCUT2D eigenvalue weighted by Crippen LogP contribution is 2.32. The molecule has 0 aliphatic carbocycles. The molecule has 4 rings (SSSR count). The van der Waals surface area contributed by atoms with Crippen LogP contribution in [0.25, 0.3) is 33.7 Å². The number of aromatic nitrogens is 4. The third-order valence-corrected chi connectivity index (χ3v) is 4.81. The van der Waals surface area contributed by atoms with E-state index in [2.05, 4.69) is 5.10 Å². The summed E-state index contributed by atoms with van der Waals surface area (Å²) in [5, 5.41) is 4.40. The Hall–Kier alpha value is -3.12. The van der Waals surface area contributed by atoms with Crippen LogP contribution < -0.4 is 9.47 Å². The van der Waals surface area contributed by atoms with Gasteiger partial charge >= 0.3 is 0 Å². The Bertz CT molecular complexity index is 1120. The molecular formula is C23H23ClN4O2. The number of fused-ring (bicyclic) bond motifs is 1. The fourth-order valence-electron chi connectivity index (χ4n) is 3.29. The molecule has 0 saturated carbocycles. The molecule has 30 heavy (non-hydrogen) atoms. The van der Waals surface area contributed by atoms with E-state index in [1.54, 1.807) is 10.9 Å². The Labute approximate surface area is 180 Å². The minimum Gasteiger partial charge on any atom is -0.494 e. The minimum absolute atomic E-state index is 0.456. The van der Waals surface area contributed by atoms with Crippen LogP contribution in [-0.2, 0) is 6.54 Å². The summed E-state index contributed by atoms with van der Waals surface area (Å²) in [5.74, 6) is 2.11. The fourth-order valence-corrected chi connectivity index (χ4v) is 3.45. The number of hydrogen-bond acceptors (Lipinski definition) is 5. The first-order valence-corrected chi connectivity index (χ1v) is 10.5. The van der Waals surface area contributed by atoms with Crippen molar-refractivity contribution in [3.8, 4) is 34.0 Å². The molecule has 0 atom stereocenters. The molecule has 0 unspecified atom stereocenters. The SMILES string of the molecule is CCOc1ccc(-c2nc3cnn(CCCl)c3nc2-c2ccc(OCC)cc2)cc1. The van der Waals surface area contributed by atoms with E-state index in [9.17, 15) is 0 Å². The molecule has 154 valence electrons. The summed E-state index contributed by atoms with van der Waals surface area (Å²) in [6.07, 6.45) is 1.73. The summed E-state index contributed by atoms with van der Waals surface area (Å²) < 4.78 is 12.9. The predicted molar refractivity (Wildman–Crippen MR) is 119 cm³/mol. The smallest absolute Gasteiger partial charge is 0.177 e. The molecular weight excluding hydrogens is 400 g/mol. The Morgan fingerprint density at radius 3 is 1.83 bits per heavy atom. The van der Waals surface area contributed by atoms with Crippen molar-refractivity contribution in [2.75, 3.05) is 19.1 Å². The minimum atomic E-state index is 0.456. The highest BCUT2D eigenvalue weighted by atomic mass is 35.5. The van der Waals surface area contributed by atoms with Gasteiger partial charge in [-0.25, -0.2) is 14.6 Å². The van der Waals surface area contributed by atoms with Crippen LogP contribution in [0.4, 0.5) is 0 Å². The molecule has 0 amide bonds. The van der Waals surface area contributed by atoms with Crippen molar-refractivity contribution < 1.29 is 9.47 Å². The van der Waals surface area contributed by atoms with Gasteiger partial charge in [0.2, 0.25) is 0 Å². The van der Waals surface area contributed by atoms with E-state index in [1.165, 1.54) is 0 Å². The largest absolute Gasteiger partial charge is 0.494 e. The Balaban J connectivity index is 1.85.